The molecule has 1 aliphatic heterocycles. The van der Waals surface area contributed by atoms with E-state index in [9.17, 15) is 27.9 Å². The number of carbonyl (C=O) groups is 2. The second-order valence-electron chi connectivity index (χ2n) is 7.07. The van der Waals surface area contributed by atoms with Crippen molar-refractivity contribution < 1.29 is 27.9 Å². The van der Waals surface area contributed by atoms with E-state index in [-0.39, 0.29) is 17.9 Å². The van der Waals surface area contributed by atoms with Gasteiger partial charge in [0.2, 0.25) is 5.91 Å². The second-order valence-corrected chi connectivity index (χ2v) is 7.07. The van der Waals surface area contributed by atoms with Crippen molar-refractivity contribution in [1.29, 1.82) is 0 Å². The molecule has 1 aliphatic rings. The number of alkyl halides is 3. The standard InChI is InChI=1S/C20H20F3N3O3/c1-11-5-4-6-14(7-11)25(3)19(29)18-15(27)10-17(28)26(18)16-9-13(20(21,22)23)8-12(2)24-16/h4-9,15,18,27H,10H2,1-3H3/t15-,18-/m0/s1. The van der Waals surface area contributed by atoms with Crippen LogP contribution in [0.25, 0.3) is 0 Å². The minimum Gasteiger partial charge on any atom is -0.390 e. The maximum atomic E-state index is 13.2. The molecule has 3 rings (SSSR count). The number of aliphatic hydroxyl groups is 1. The van der Waals surface area contributed by atoms with E-state index < -0.39 is 35.7 Å². The first-order chi connectivity index (χ1) is 13.5. The number of aromatic nitrogens is 1. The maximum Gasteiger partial charge on any atom is 0.416 e. The van der Waals surface area contributed by atoms with Crippen LogP contribution in [0.5, 0.6) is 0 Å². The van der Waals surface area contributed by atoms with Crippen LogP contribution in [0, 0.1) is 13.8 Å². The summed E-state index contributed by atoms with van der Waals surface area (Å²) >= 11 is 0. The number of amides is 2. The van der Waals surface area contributed by atoms with Gasteiger partial charge in [0.05, 0.1) is 18.1 Å². The van der Waals surface area contributed by atoms with E-state index in [2.05, 4.69) is 4.98 Å². The number of anilines is 2. The number of aryl methyl sites for hydroxylation is 2. The lowest BCUT2D eigenvalue weighted by atomic mass is 10.1. The first-order valence-electron chi connectivity index (χ1n) is 8.89. The number of hydrogen-bond acceptors (Lipinski definition) is 4. The van der Waals surface area contributed by atoms with E-state index in [4.69, 9.17) is 0 Å². The number of likely N-dealkylation sites (N-methyl/N-ethyl adjacent to an activating group) is 1. The van der Waals surface area contributed by atoms with Crippen LogP contribution in [0.2, 0.25) is 0 Å². The smallest absolute Gasteiger partial charge is 0.390 e. The van der Waals surface area contributed by atoms with E-state index in [0.29, 0.717) is 5.69 Å². The van der Waals surface area contributed by atoms with Crippen molar-refractivity contribution >= 4 is 23.3 Å². The van der Waals surface area contributed by atoms with E-state index in [1.165, 1.54) is 18.9 Å². The summed E-state index contributed by atoms with van der Waals surface area (Å²) in [5, 5.41) is 10.4. The third-order valence-electron chi connectivity index (χ3n) is 4.78. The van der Waals surface area contributed by atoms with Crippen LogP contribution in [0.4, 0.5) is 24.7 Å². The summed E-state index contributed by atoms with van der Waals surface area (Å²) in [6.45, 7) is 3.21. The number of aliphatic hydroxyl groups excluding tert-OH is 1. The van der Waals surface area contributed by atoms with Crippen molar-refractivity contribution in [2.45, 2.75) is 38.6 Å². The molecular weight excluding hydrogens is 387 g/mol. The van der Waals surface area contributed by atoms with Crippen LogP contribution in [0.15, 0.2) is 36.4 Å². The van der Waals surface area contributed by atoms with Crippen molar-refractivity contribution in [3.05, 3.63) is 53.2 Å². The Morgan fingerprint density at radius 2 is 1.93 bits per heavy atom. The van der Waals surface area contributed by atoms with Crippen LogP contribution < -0.4 is 9.80 Å². The van der Waals surface area contributed by atoms with Gasteiger partial charge in [-0.15, -0.1) is 0 Å². The van der Waals surface area contributed by atoms with Gasteiger partial charge in [-0.3, -0.25) is 14.5 Å². The number of rotatable bonds is 3. The van der Waals surface area contributed by atoms with Crippen LogP contribution in [0.3, 0.4) is 0 Å². The summed E-state index contributed by atoms with van der Waals surface area (Å²) in [7, 11) is 1.48. The van der Waals surface area contributed by atoms with Gasteiger partial charge in [0.15, 0.2) is 0 Å². The van der Waals surface area contributed by atoms with Crippen LogP contribution >= 0.6 is 0 Å². The highest BCUT2D eigenvalue weighted by Crippen LogP contribution is 2.34. The summed E-state index contributed by atoms with van der Waals surface area (Å²) < 4.78 is 39.6. The Balaban J connectivity index is 2.01. The summed E-state index contributed by atoms with van der Waals surface area (Å²) in [5.41, 5.74) is 0.501. The van der Waals surface area contributed by atoms with Gasteiger partial charge in [-0.25, -0.2) is 4.98 Å². The third-order valence-corrected chi connectivity index (χ3v) is 4.78. The minimum atomic E-state index is -4.64. The fourth-order valence-corrected chi connectivity index (χ4v) is 3.36. The molecule has 1 N–H and O–H groups in total. The molecule has 1 saturated heterocycles. The van der Waals surface area contributed by atoms with Gasteiger partial charge in [-0.05, 0) is 43.7 Å². The van der Waals surface area contributed by atoms with Crippen LogP contribution in [-0.4, -0.2) is 41.1 Å². The lowest BCUT2D eigenvalue weighted by molar-refractivity contribution is -0.137. The van der Waals surface area contributed by atoms with E-state index in [0.717, 1.165) is 22.6 Å². The number of pyridine rings is 1. The first-order valence-corrected chi connectivity index (χ1v) is 8.89. The topological polar surface area (TPSA) is 73.7 Å². The van der Waals surface area contributed by atoms with E-state index in [1.54, 1.807) is 18.2 Å². The van der Waals surface area contributed by atoms with Crippen molar-refractivity contribution in [2.24, 2.45) is 0 Å². The molecule has 0 bridgehead atoms. The normalized spacial score (nSPS) is 19.6. The van der Waals surface area contributed by atoms with Crippen LogP contribution in [-0.2, 0) is 15.8 Å². The van der Waals surface area contributed by atoms with Gasteiger partial charge in [0.25, 0.3) is 5.91 Å². The number of benzene rings is 1. The van der Waals surface area contributed by atoms with Gasteiger partial charge in [0, 0.05) is 18.4 Å². The molecule has 29 heavy (non-hydrogen) atoms. The molecule has 2 amide bonds. The fourth-order valence-electron chi connectivity index (χ4n) is 3.36. The average molecular weight is 407 g/mol. The van der Waals surface area contributed by atoms with Gasteiger partial charge in [-0.1, -0.05) is 12.1 Å². The first kappa shape index (κ1) is 20.8. The average Bonchev–Trinajstić information content (AvgIpc) is 2.93. The van der Waals surface area contributed by atoms with Crippen LogP contribution in [0.1, 0.15) is 23.2 Å². The maximum absolute atomic E-state index is 13.2. The summed E-state index contributed by atoms with van der Waals surface area (Å²) in [4.78, 5) is 31.7. The van der Waals surface area contributed by atoms with Gasteiger partial charge >= 0.3 is 6.18 Å². The molecule has 1 aromatic heterocycles. The molecule has 9 heteroatoms. The Hall–Kier alpha value is -2.94. The zero-order chi connectivity index (χ0) is 21.5. The molecule has 2 atom stereocenters. The minimum absolute atomic E-state index is 0.0438. The molecule has 6 nitrogen and oxygen atoms in total. The summed E-state index contributed by atoms with van der Waals surface area (Å²) in [6.07, 6.45) is -6.38. The third kappa shape index (κ3) is 4.09. The molecule has 2 aromatic rings. The molecule has 0 unspecified atom stereocenters. The predicted molar refractivity (Wildman–Crippen MR) is 100 cm³/mol. The fraction of sp³-hybridized carbons (Fsp3) is 0.350. The molecule has 0 radical (unpaired) electrons. The zero-order valence-corrected chi connectivity index (χ0v) is 16.1. The Morgan fingerprint density at radius 3 is 2.55 bits per heavy atom. The van der Waals surface area contributed by atoms with E-state index in [1.807, 2.05) is 13.0 Å². The molecule has 1 fully saturated rings. The molecule has 1 aromatic carbocycles. The zero-order valence-electron chi connectivity index (χ0n) is 16.1. The highest BCUT2D eigenvalue weighted by molar-refractivity contribution is 6.08. The Labute approximate surface area is 165 Å². The molecule has 154 valence electrons. The summed E-state index contributed by atoms with van der Waals surface area (Å²) in [6, 6.07) is 7.23. The van der Waals surface area contributed by atoms with Gasteiger partial charge in [-0.2, -0.15) is 13.2 Å². The Kier molecular flexibility index (Phi) is 5.36. The van der Waals surface area contributed by atoms with Gasteiger partial charge in [0.1, 0.15) is 11.9 Å². The number of halogens is 3. The van der Waals surface area contributed by atoms with Gasteiger partial charge < -0.3 is 10.0 Å². The number of hydrogen-bond donors (Lipinski definition) is 1. The van der Waals surface area contributed by atoms with Crippen molar-refractivity contribution in [2.75, 3.05) is 16.8 Å². The van der Waals surface area contributed by atoms with Crippen molar-refractivity contribution in [3.63, 3.8) is 0 Å². The summed E-state index contributed by atoms with van der Waals surface area (Å²) in [5.74, 6) is -1.60. The van der Waals surface area contributed by atoms with Crippen molar-refractivity contribution in [3.8, 4) is 0 Å². The Morgan fingerprint density at radius 1 is 1.24 bits per heavy atom. The molecule has 2 heterocycles. The highest BCUT2D eigenvalue weighted by atomic mass is 19.4. The SMILES string of the molecule is Cc1cccc(N(C)C(=O)[C@@H]2[C@@H](O)CC(=O)N2c2cc(C(F)(F)F)cc(C)n2)c1. The lowest BCUT2D eigenvalue weighted by Gasteiger charge is -2.29. The van der Waals surface area contributed by atoms with E-state index >= 15 is 0 Å². The predicted octanol–water partition coefficient (Wildman–Crippen LogP) is 2.85. The second kappa shape index (κ2) is 7.47. The molecule has 0 aliphatic carbocycles. The quantitative estimate of drug-likeness (QED) is 0.849. The molecule has 0 saturated carbocycles. The number of carbonyl (C=O) groups excluding carboxylic acids is 2. The highest BCUT2D eigenvalue weighted by Gasteiger charge is 2.46. The number of nitrogens with zero attached hydrogens (tertiary/aromatic N) is 3. The molecule has 0 spiro atoms. The largest absolute Gasteiger partial charge is 0.416 e. The lowest BCUT2D eigenvalue weighted by Crippen LogP contribution is -2.50. The monoisotopic (exact) mass is 407 g/mol. The Bertz CT molecular complexity index is 961. The molecular formula is C20H20F3N3O3. The van der Waals surface area contributed by atoms with Crippen molar-refractivity contribution in [1.82, 2.24) is 4.98 Å².